The maximum Gasteiger partial charge on any atom is 0.305 e. The summed E-state index contributed by atoms with van der Waals surface area (Å²) in [5.41, 5.74) is 2.87. The second-order valence-electron chi connectivity index (χ2n) is 5.34. The molecule has 1 atom stereocenters. The maximum atomic E-state index is 11.5. The third-order valence-corrected chi connectivity index (χ3v) is 4.15. The van der Waals surface area contributed by atoms with Crippen molar-refractivity contribution in [2.24, 2.45) is 0 Å². The average molecular weight is 308 g/mol. The number of hydrogen-bond donors (Lipinski definition) is 1. The van der Waals surface area contributed by atoms with E-state index < -0.39 is 5.79 Å². The highest BCUT2D eigenvalue weighted by Crippen LogP contribution is 2.42. The molecule has 1 aliphatic rings. The molecule has 0 amide bonds. The zero-order valence-corrected chi connectivity index (χ0v) is 12.9. The van der Waals surface area contributed by atoms with E-state index in [0.29, 0.717) is 18.1 Å². The van der Waals surface area contributed by atoms with Gasteiger partial charge in [0, 0.05) is 24.2 Å². The number of nitrogens with one attached hydrogen (secondary N) is 1. The Morgan fingerprint density at radius 3 is 3.05 bits per heavy atom. The van der Waals surface area contributed by atoms with Crippen molar-refractivity contribution < 1.29 is 14.3 Å². The Bertz CT molecular complexity index is 694. The quantitative estimate of drug-likeness (QED) is 0.875. The van der Waals surface area contributed by atoms with Crippen LogP contribution in [0.2, 0.25) is 5.02 Å². The Labute approximate surface area is 128 Å². The third kappa shape index (κ3) is 2.32. The first-order valence-electron chi connectivity index (χ1n) is 7.20. The number of aromatic amines is 1. The molecule has 2 aromatic rings. The summed E-state index contributed by atoms with van der Waals surface area (Å²) in [4.78, 5) is 14.9. The fourth-order valence-electron chi connectivity index (χ4n) is 3.13. The molecule has 0 spiro atoms. The number of rotatable bonds is 3. The monoisotopic (exact) mass is 307 g/mol. The molecule has 4 nitrogen and oxygen atoms in total. The molecule has 0 bridgehead atoms. The minimum Gasteiger partial charge on any atom is -0.427 e. The van der Waals surface area contributed by atoms with Crippen molar-refractivity contribution in [1.82, 2.24) is 4.98 Å². The summed E-state index contributed by atoms with van der Waals surface area (Å²) in [6.45, 7) is 3.96. The van der Waals surface area contributed by atoms with Crippen LogP contribution in [-0.4, -0.2) is 17.6 Å². The van der Waals surface area contributed by atoms with E-state index in [9.17, 15) is 4.79 Å². The number of halogens is 1. The lowest BCUT2D eigenvalue weighted by Gasteiger charge is -2.36. The topological polar surface area (TPSA) is 51.3 Å². The molecular formula is C16H18ClNO3. The minimum atomic E-state index is -1.02. The van der Waals surface area contributed by atoms with Crippen LogP contribution in [0.3, 0.4) is 0 Å². The first-order valence-corrected chi connectivity index (χ1v) is 7.58. The molecule has 0 aliphatic carbocycles. The minimum absolute atomic E-state index is 0.346. The number of hydrogen-bond acceptors (Lipinski definition) is 3. The van der Waals surface area contributed by atoms with Gasteiger partial charge in [-0.3, -0.25) is 4.79 Å². The summed E-state index contributed by atoms with van der Waals surface area (Å²) < 4.78 is 11.5. The van der Waals surface area contributed by atoms with Crippen molar-refractivity contribution >= 4 is 28.5 Å². The van der Waals surface area contributed by atoms with Crippen LogP contribution in [0.25, 0.3) is 10.9 Å². The number of benzene rings is 1. The second kappa shape index (κ2) is 5.35. The van der Waals surface area contributed by atoms with Crippen molar-refractivity contribution in [3.05, 3.63) is 34.5 Å². The SMILES string of the molecule is CCCC1(OC(C)=O)OCCc2c1[nH]c1cccc(Cl)c21. The van der Waals surface area contributed by atoms with Gasteiger partial charge in [0.25, 0.3) is 5.79 Å². The van der Waals surface area contributed by atoms with Gasteiger partial charge in [-0.25, -0.2) is 0 Å². The second-order valence-corrected chi connectivity index (χ2v) is 5.74. The molecule has 0 fully saturated rings. The summed E-state index contributed by atoms with van der Waals surface area (Å²) in [6.07, 6.45) is 2.21. The Hall–Kier alpha value is -1.52. The van der Waals surface area contributed by atoms with Crippen LogP contribution in [0.4, 0.5) is 0 Å². The van der Waals surface area contributed by atoms with Gasteiger partial charge in [0.1, 0.15) is 0 Å². The number of carbonyl (C=O) groups is 1. The average Bonchev–Trinajstić information content (AvgIpc) is 2.80. The van der Waals surface area contributed by atoms with Crippen LogP contribution in [0, 0.1) is 0 Å². The first-order chi connectivity index (χ1) is 10.1. The highest BCUT2D eigenvalue weighted by atomic mass is 35.5. The molecule has 1 N–H and O–H groups in total. The molecule has 1 aromatic heterocycles. The Kier molecular flexibility index (Phi) is 3.68. The van der Waals surface area contributed by atoms with Gasteiger partial charge in [0.2, 0.25) is 0 Å². The molecule has 0 radical (unpaired) electrons. The molecule has 0 saturated heterocycles. The summed E-state index contributed by atoms with van der Waals surface area (Å²) in [7, 11) is 0. The normalized spacial score (nSPS) is 21.3. The van der Waals surface area contributed by atoms with Gasteiger partial charge in [-0.2, -0.15) is 0 Å². The summed E-state index contributed by atoms with van der Waals surface area (Å²) in [6, 6.07) is 5.76. The van der Waals surface area contributed by atoms with Gasteiger partial charge in [0.15, 0.2) is 0 Å². The first kappa shape index (κ1) is 14.4. The number of ether oxygens (including phenoxy) is 2. The lowest BCUT2D eigenvalue weighted by molar-refractivity contribution is -0.247. The molecular weight excluding hydrogens is 290 g/mol. The Morgan fingerprint density at radius 2 is 2.33 bits per heavy atom. The van der Waals surface area contributed by atoms with Crippen LogP contribution in [-0.2, 0) is 26.5 Å². The molecule has 2 heterocycles. The highest BCUT2D eigenvalue weighted by molar-refractivity contribution is 6.35. The summed E-state index contributed by atoms with van der Waals surface area (Å²) in [5.74, 6) is -1.36. The van der Waals surface area contributed by atoms with E-state index in [0.717, 1.165) is 35.0 Å². The fraction of sp³-hybridized carbons (Fsp3) is 0.438. The molecule has 0 saturated carbocycles. The van der Waals surface area contributed by atoms with E-state index >= 15 is 0 Å². The summed E-state index contributed by atoms with van der Waals surface area (Å²) >= 11 is 6.34. The summed E-state index contributed by atoms with van der Waals surface area (Å²) in [5, 5.41) is 1.71. The van der Waals surface area contributed by atoms with Crippen molar-refractivity contribution in [1.29, 1.82) is 0 Å². The van der Waals surface area contributed by atoms with Gasteiger partial charge in [-0.15, -0.1) is 0 Å². The number of esters is 1. The van der Waals surface area contributed by atoms with Crippen LogP contribution < -0.4 is 0 Å². The highest BCUT2D eigenvalue weighted by Gasteiger charge is 2.43. The molecule has 1 aliphatic heterocycles. The molecule has 5 heteroatoms. The van der Waals surface area contributed by atoms with Crippen LogP contribution in [0.15, 0.2) is 18.2 Å². The van der Waals surface area contributed by atoms with Crippen LogP contribution >= 0.6 is 11.6 Å². The molecule has 1 unspecified atom stereocenters. The Morgan fingerprint density at radius 1 is 1.52 bits per heavy atom. The van der Waals surface area contributed by atoms with Crippen molar-refractivity contribution in [3.63, 3.8) is 0 Å². The van der Waals surface area contributed by atoms with E-state index in [-0.39, 0.29) is 5.97 Å². The van der Waals surface area contributed by atoms with Crippen molar-refractivity contribution in [3.8, 4) is 0 Å². The third-order valence-electron chi connectivity index (χ3n) is 3.83. The maximum absolute atomic E-state index is 11.5. The Balaban J connectivity index is 2.22. The predicted octanol–water partition coefficient (Wildman–Crippen LogP) is 3.91. The number of H-pyrrole nitrogens is 1. The zero-order valence-electron chi connectivity index (χ0n) is 12.2. The van der Waals surface area contributed by atoms with Crippen molar-refractivity contribution in [2.75, 3.05) is 6.61 Å². The largest absolute Gasteiger partial charge is 0.427 e. The van der Waals surface area contributed by atoms with E-state index in [4.69, 9.17) is 21.1 Å². The molecule has 112 valence electrons. The standard InChI is InChI=1S/C16H18ClNO3/c1-3-8-16(21-10(2)19)15-11(7-9-20-16)14-12(17)5-4-6-13(14)18-15/h4-6,18H,3,7-9H2,1-2H3. The number of aromatic nitrogens is 1. The lowest BCUT2D eigenvalue weighted by Crippen LogP contribution is -2.39. The lowest BCUT2D eigenvalue weighted by atomic mass is 9.96. The van der Waals surface area contributed by atoms with E-state index in [1.165, 1.54) is 6.92 Å². The predicted molar refractivity (Wildman–Crippen MR) is 81.3 cm³/mol. The van der Waals surface area contributed by atoms with Crippen LogP contribution in [0.5, 0.6) is 0 Å². The molecule has 3 rings (SSSR count). The zero-order chi connectivity index (χ0) is 15.0. The van der Waals surface area contributed by atoms with Gasteiger partial charge in [0.05, 0.1) is 17.3 Å². The van der Waals surface area contributed by atoms with Crippen molar-refractivity contribution in [2.45, 2.75) is 38.9 Å². The number of fused-ring (bicyclic) bond motifs is 3. The molecule has 21 heavy (non-hydrogen) atoms. The molecule has 1 aromatic carbocycles. The van der Waals surface area contributed by atoms with Gasteiger partial charge in [-0.05, 0) is 30.5 Å². The van der Waals surface area contributed by atoms with Gasteiger partial charge in [-0.1, -0.05) is 24.6 Å². The van der Waals surface area contributed by atoms with Gasteiger partial charge < -0.3 is 14.5 Å². The smallest absolute Gasteiger partial charge is 0.305 e. The van der Waals surface area contributed by atoms with E-state index in [2.05, 4.69) is 4.98 Å². The number of carbonyl (C=O) groups excluding carboxylic acids is 1. The van der Waals surface area contributed by atoms with Crippen LogP contribution in [0.1, 0.15) is 37.9 Å². The fourth-order valence-corrected chi connectivity index (χ4v) is 3.41. The van der Waals surface area contributed by atoms with E-state index in [1.54, 1.807) is 0 Å². The van der Waals surface area contributed by atoms with E-state index in [1.807, 2.05) is 25.1 Å². The van der Waals surface area contributed by atoms with Gasteiger partial charge >= 0.3 is 5.97 Å².